The summed E-state index contributed by atoms with van der Waals surface area (Å²) in [5.74, 6) is 0.270. The van der Waals surface area contributed by atoms with Gasteiger partial charge in [-0.25, -0.2) is 9.36 Å². The fraction of sp³-hybridized carbons (Fsp3) is 0.568. The smallest absolute Gasteiger partial charge is 0.419 e. The molecule has 0 radical (unpaired) electrons. The van der Waals surface area contributed by atoms with Crippen LogP contribution in [0, 0.1) is 0 Å². The van der Waals surface area contributed by atoms with Crippen LogP contribution in [0.2, 0.25) is 23.2 Å². The Morgan fingerprint density at radius 3 is 2.36 bits per heavy atom. The lowest BCUT2D eigenvalue weighted by molar-refractivity contribution is 0.0546. The quantitative estimate of drug-likeness (QED) is 0.170. The van der Waals surface area contributed by atoms with E-state index < -0.39 is 20.0 Å². The van der Waals surface area contributed by atoms with Gasteiger partial charge in [0.15, 0.2) is 8.32 Å². The van der Waals surface area contributed by atoms with E-state index in [-0.39, 0.29) is 10.9 Å². The molecule has 3 heterocycles. The van der Waals surface area contributed by atoms with Crippen LogP contribution in [-0.2, 0) is 22.3 Å². The van der Waals surface area contributed by atoms with Gasteiger partial charge in [0.2, 0.25) is 0 Å². The molecule has 2 aromatic carbocycles. The number of benzene rings is 2. The second-order valence-corrected chi connectivity index (χ2v) is 20.7. The molecule has 1 saturated heterocycles. The average Bonchev–Trinajstić information content (AvgIpc) is 3.56. The Balaban J connectivity index is 1.47. The van der Waals surface area contributed by atoms with Crippen molar-refractivity contribution in [2.24, 2.45) is 0 Å². The van der Waals surface area contributed by atoms with Gasteiger partial charge >= 0.3 is 6.09 Å². The molecule has 3 aromatic rings. The van der Waals surface area contributed by atoms with Gasteiger partial charge in [0.1, 0.15) is 11.4 Å². The normalized spacial score (nSPS) is 16.0. The summed E-state index contributed by atoms with van der Waals surface area (Å²) in [7, 11) is -1.80. The number of amides is 1. The number of hydrogen-bond donors (Lipinski definition) is 1. The third-order valence-electron chi connectivity index (χ3n) is 9.62. The van der Waals surface area contributed by atoms with Crippen LogP contribution in [0.4, 0.5) is 4.79 Å². The molecule has 8 nitrogen and oxygen atoms in total. The lowest BCUT2D eigenvalue weighted by Crippen LogP contribution is -2.41. The first-order valence-corrected chi connectivity index (χ1v) is 20.4. The van der Waals surface area contributed by atoms with E-state index in [2.05, 4.69) is 56.2 Å². The van der Waals surface area contributed by atoms with Crippen LogP contribution in [0.25, 0.3) is 22.2 Å². The predicted molar refractivity (Wildman–Crippen MR) is 192 cm³/mol. The molecule has 0 aliphatic carbocycles. The van der Waals surface area contributed by atoms with Gasteiger partial charge in [-0.1, -0.05) is 44.9 Å². The average molecular weight is 682 g/mol. The highest BCUT2D eigenvalue weighted by molar-refractivity contribution is 6.74. The SMILES string of the molecule is CC(C)(C)OC(=O)n1c(-c2cc(OCCCCO[Si](C)(C)C(C)(C)C)c(Cl)c3c2C(=O)NC3)cc2cc(CN3CCCCC3)ccc21. The predicted octanol–water partition coefficient (Wildman–Crippen LogP) is 9.16. The van der Waals surface area contributed by atoms with Gasteiger partial charge in [-0.05, 0) is 108 Å². The van der Waals surface area contributed by atoms with E-state index >= 15 is 0 Å². The molecule has 0 spiro atoms. The van der Waals surface area contributed by atoms with Crippen molar-refractivity contribution in [1.29, 1.82) is 0 Å². The molecule has 0 unspecified atom stereocenters. The van der Waals surface area contributed by atoms with E-state index in [0.29, 0.717) is 52.9 Å². The van der Waals surface area contributed by atoms with E-state index in [0.717, 1.165) is 43.4 Å². The fourth-order valence-electron chi connectivity index (χ4n) is 6.05. The first-order valence-electron chi connectivity index (χ1n) is 17.1. The van der Waals surface area contributed by atoms with Crippen molar-refractivity contribution in [3.8, 4) is 17.0 Å². The highest BCUT2D eigenvalue weighted by Gasteiger charge is 2.37. The Morgan fingerprint density at radius 1 is 0.979 bits per heavy atom. The Labute approximate surface area is 286 Å². The number of aromatic nitrogens is 1. The summed E-state index contributed by atoms with van der Waals surface area (Å²) in [4.78, 5) is 29.6. The number of rotatable bonds is 10. The van der Waals surface area contributed by atoms with Crippen molar-refractivity contribution < 1.29 is 23.5 Å². The van der Waals surface area contributed by atoms with E-state index in [1.807, 2.05) is 39.0 Å². The van der Waals surface area contributed by atoms with Gasteiger partial charge in [0, 0.05) is 36.2 Å². The molecule has 2 aliphatic rings. The van der Waals surface area contributed by atoms with Gasteiger partial charge in [-0.3, -0.25) is 9.69 Å². The van der Waals surface area contributed by atoms with Crippen molar-refractivity contribution in [2.45, 2.75) is 110 Å². The van der Waals surface area contributed by atoms with Crippen molar-refractivity contribution in [3.63, 3.8) is 0 Å². The number of unbranched alkanes of at least 4 members (excludes halogenated alkanes) is 1. The molecule has 0 atom stereocenters. The summed E-state index contributed by atoms with van der Waals surface area (Å²) in [5, 5.41) is 4.42. The van der Waals surface area contributed by atoms with E-state index in [1.54, 1.807) is 4.57 Å². The van der Waals surface area contributed by atoms with E-state index in [4.69, 9.17) is 25.5 Å². The third kappa shape index (κ3) is 8.07. The molecule has 1 amide bonds. The van der Waals surface area contributed by atoms with Crippen molar-refractivity contribution in [1.82, 2.24) is 14.8 Å². The van der Waals surface area contributed by atoms with Gasteiger partial charge in [0.25, 0.3) is 5.91 Å². The molecule has 0 bridgehead atoms. The molecule has 2 aliphatic heterocycles. The minimum atomic E-state index is -1.80. The Kier molecular flexibility index (Phi) is 10.5. The van der Waals surface area contributed by atoms with Crippen LogP contribution >= 0.6 is 11.6 Å². The fourth-order valence-corrected chi connectivity index (χ4v) is 7.41. The molecule has 1 fully saturated rings. The number of carbonyl (C=O) groups is 2. The number of ether oxygens (including phenoxy) is 2. The van der Waals surface area contributed by atoms with Crippen LogP contribution in [-0.4, -0.2) is 61.7 Å². The molecule has 1 aromatic heterocycles. The van der Waals surface area contributed by atoms with E-state index in [9.17, 15) is 9.59 Å². The third-order valence-corrected chi connectivity index (χ3v) is 14.6. The topological polar surface area (TPSA) is 82.0 Å². The van der Waals surface area contributed by atoms with Crippen molar-refractivity contribution in [3.05, 3.63) is 52.0 Å². The molecular formula is C37H52ClN3O5Si. The number of fused-ring (bicyclic) bond motifs is 2. The van der Waals surface area contributed by atoms with Gasteiger partial charge in [0.05, 0.1) is 28.4 Å². The van der Waals surface area contributed by atoms with Gasteiger partial charge in [-0.2, -0.15) is 0 Å². The highest BCUT2D eigenvalue weighted by Crippen LogP contribution is 2.42. The van der Waals surface area contributed by atoms with Crippen LogP contribution in [0.15, 0.2) is 30.3 Å². The van der Waals surface area contributed by atoms with Gasteiger partial charge in [-0.15, -0.1) is 0 Å². The number of likely N-dealkylation sites (tertiary alicyclic amines) is 1. The zero-order chi connectivity index (χ0) is 34.1. The number of nitrogens with zero attached hydrogens (tertiary/aromatic N) is 2. The second kappa shape index (κ2) is 13.9. The standard InChI is InChI=1S/C37H52ClN3O5Si/c1-36(2,3)46-35(43)41-29-15-14-25(24-40-16-10-9-11-17-40)20-26(29)21-30(41)27-22-31(33(38)28-23-39-34(42)32(27)28)44-18-12-13-19-45-47(7,8)37(4,5)6/h14-15,20-22H,9-13,16-19,23-24H2,1-8H3,(H,39,42). The summed E-state index contributed by atoms with van der Waals surface area (Å²) in [6.45, 7) is 21.3. The maximum Gasteiger partial charge on any atom is 0.419 e. The molecule has 47 heavy (non-hydrogen) atoms. The first-order chi connectivity index (χ1) is 22.1. The molecular weight excluding hydrogens is 630 g/mol. The Bertz CT molecular complexity index is 1630. The minimum Gasteiger partial charge on any atom is -0.492 e. The Morgan fingerprint density at radius 2 is 1.68 bits per heavy atom. The number of piperidine rings is 1. The largest absolute Gasteiger partial charge is 0.492 e. The van der Waals surface area contributed by atoms with Crippen LogP contribution in [0.1, 0.15) is 95.1 Å². The molecule has 256 valence electrons. The number of nitrogens with one attached hydrogen (secondary N) is 1. The van der Waals surface area contributed by atoms with Crippen molar-refractivity contribution in [2.75, 3.05) is 26.3 Å². The maximum absolute atomic E-state index is 13.8. The number of carbonyl (C=O) groups excluding carboxylic acids is 2. The first kappa shape index (κ1) is 35.5. The molecule has 0 saturated carbocycles. The summed E-state index contributed by atoms with van der Waals surface area (Å²) >= 11 is 6.87. The van der Waals surface area contributed by atoms with Crippen LogP contribution in [0.3, 0.4) is 0 Å². The Hall–Kier alpha value is -2.85. The van der Waals surface area contributed by atoms with E-state index in [1.165, 1.54) is 24.8 Å². The minimum absolute atomic E-state index is 0.167. The summed E-state index contributed by atoms with van der Waals surface area (Å²) < 4.78 is 20.1. The summed E-state index contributed by atoms with van der Waals surface area (Å²) in [6.07, 6.45) is 4.90. The molecule has 10 heteroatoms. The van der Waals surface area contributed by atoms with Gasteiger partial charge < -0.3 is 19.2 Å². The summed E-state index contributed by atoms with van der Waals surface area (Å²) in [6, 6.07) is 10.0. The lowest BCUT2D eigenvalue weighted by Gasteiger charge is -2.36. The second-order valence-electron chi connectivity index (χ2n) is 15.5. The monoisotopic (exact) mass is 681 g/mol. The maximum atomic E-state index is 13.8. The van der Waals surface area contributed by atoms with Crippen molar-refractivity contribution >= 4 is 42.8 Å². The summed E-state index contributed by atoms with van der Waals surface area (Å²) in [5.41, 5.74) is 3.51. The van der Waals surface area contributed by atoms with Crippen LogP contribution < -0.4 is 10.1 Å². The van der Waals surface area contributed by atoms with Crippen LogP contribution in [0.5, 0.6) is 5.75 Å². The zero-order valence-corrected chi connectivity index (χ0v) is 31.2. The molecule has 1 N–H and O–H groups in total. The zero-order valence-electron chi connectivity index (χ0n) is 29.5. The number of halogens is 1. The number of hydrogen-bond acceptors (Lipinski definition) is 6. The highest BCUT2D eigenvalue weighted by atomic mass is 35.5. The molecule has 5 rings (SSSR count). The lowest BCUT2D eigenvalue weighted by atomic mass is 9.99.